The average molecular weight is 344 g/mol. The van der Waals surface area contributed by atoms with E-state index in [0.717, 1.165) is 22.6 Å². The molecule has 116 valence electrons. The van der Waals surface area contributed by atoms with Crippen molar-refractivity contribution >= 4 is 34.8 Å². The number of hydrogen-bond acceptors (Lipinski definition) is 4. The minimum absolute atomic E-state index is 0.189. The first kappa shape index (κ1) is 15.5. The maximum atomic E-state index is 11.3. The normalized spacial score (nSPS) is 11.0. The van der Waals surface area contributed by atoms with Crippen LogP contribution in [0.3, 0.4) is 0 Å². The van der Waals surface area contributed by atoms with E-state index >= 15 is 0 Å². The van der Waals surface area contributed by atoms with Gasteiger partial charge in [-0.25, -0.2) is 0 Å². The Bertz CT molecular complexity index is 843. The Morgan fingerprint density at radius 1 is 1.09 bits per heavy atom. The van der Waals surface area contributed by atoms with Gasteiger partial charge in [-0.1, -0.05) is 71.5 Å². The highest BCUT2D eigenvalue weighted by Crippen LogP contribution is 2.18. The van der Waals surface area contributed by atoms with Crippen LogP contribution in [0, 0.1) is 0 Å². The number of benzene rings is 2. The fraction of sp³-hybridized carbons (Fsp3) is 0.0588. The molecule has 0 radical (unpaired) electrons. The second-order valence-electron chi connectivity index (χ2n) is 4.82. The van der Waals surface area contributed by atoms with Gasteiger partial charge in [0.15, 0.2) is 0 Å². The van der Waals surface area contributed by atoms with E-state index in [1.165, 1.54) is 0 Å². The van der Waals surface area contributed by atoms with Crippen LogP contribution >= 0.6 is 22.9 Å². The second kappa shape index (κ2) is 7.26. The Morgan fingerprint density at radius 3 is 2.35 bits per heavy atom. The molecule has 0 saturated heterocycles. The van der Waals surface area contributed by atoms with Crippen molar-refractivity contribution in [3.8, 4) is 0 Å². The Morgan fingerprint density at radius 2 is 1.74 bits per heavy atom. The molecule has 3 aromatic rings. The summed E-state index contributed by atoms with van der Waals surface area (Å²) in [5.41, 5.74) is 2.11. The molecule has 0 aliphatic carbocycles. The van der Waals surface area contributed by atoms with Crippen LogP contribution in [-0.2, 0) is 6.54 Å². The summed E-state index contributed by atoms with van der Waals surface area (Å²) in [6.07, 6.45) is 1.61. The molecule has 0 bridgehead atoms. The van der Waals surface area contributed by atoms with Crippen LogP contribution in [-0.4, -0.2) is 11.2 Å². The van der Waals surface area contributed by atoms with Crippen LogP contribution in [0.25, 0.3) is 0 Å². The summed E-state index contributed by atoms with van der Waals surface area (Å²) in [6.45, 7) is 0.623. The third kappa shape index (κ3) is 4.09. The maximum absolute atomic E-state index is 11.3. The largest absolute Gasteiger partial charge is 0.306 e. The van der Waals surface area contributed by atoms with E-state index < -0.39 is 0 Å². The van der Waals surface area contributed by atoms with Gasteiger partial charge in [0.1, 0.15) is 5.15 Å². The molecule has 4 nitrogen and oxygen atoms in total. The van der Waals surface area contributed by atoms with Crippen LogP contribution in [0.2, 0.25) is 5.15 Å². The van der Waals surface area contributed by atoms with Crippen molar-refractivity contribution in [1.82, 2.24) is 4.98 Å². The van der Waals surface area contributed by atoms with Crippen molar-refractivity contribution in [2.45, 2.75) is 6.54 Å². The molecular formula is C17H14ClN3OS. The predicted octanol–water partition coefficient (Wildman–Crippen LogP) is 4.13. The van der Waals surface area contributed by atoms with Crippen molar-refractivity contribution in [2.75, 3.05) is 5.01 Å². The molecule has 3 rings (SSSR count). The Kier molecular flexibility index (Phi) is 4.90. The third-order valence-corrected chi connectivity index (χ3v) is 4.40. The van der Waals surface area contributed by atoms with Crippen LogP contribution in [0.15, 0.2) is 70.6 Å². The highest BCUT2D eigenvalue weighted by atomic mass is 35.5. The molecule has 0 spiro atoms. The van der Waals surface area contributed by atoms with Gasteiger partial charge in [-0.3, -0.25) is 9.80 Å². The zero-order valence-electron chi connectivity index (χ0n) is 12.1. The van der Waals surface area contributed by atoms with Gasteiger partial charge in [0.2, 0.25) is 0 Å². The number of hydrazone groups is 1. The van der Waals surface area contributed by atoms with Gasteiger partial charge in [0, 0.05) is 0 Å². The Hall–Kier alpha value is -2.37. The molecule has 0 unspecified atom stereocenters. The average Bonchev–Trinajstić information content (AvgIpc) is 2.91. The van der Waals surface area contributed by atoms with Gasteiger partial charge in [-0.05, 0) is 17.7 Å². The number of rotatable bonds is 5. The SMILES string of the molecule is O=c1[nH]c(Cl)c(C=NN(Cc2ccccc2)c2ccccc2)s1. The summed E-state index contributed by atoms with van der Waals surface area (Å²) in [4.78, 5) is 14.3. The van der Waals surface area contributed by atoms with E-state index in [1.54, 1.807) is 6.21 Å². The highest BCUT2D eigenvalue weighted by Gasteiger charge is 2.07. The second-order valence-corrected chi connectivity index (χ2v) is 6.21. The van der Waals surface area contributed by atoms with Gasteiger partial charge in [-0.2, -0.15) is 5.10 Å². The lowest BCUT2D eigenvalue weighted by Crippen LogP contribution is -2.15. The number of nitrogens with zero attached hydrogens (tertiary/aromatic N) is 2. The minimum atomic E-state index is -0.189. The topological polar surface area (TPSA) is 48.5 Å². The molecule has 23 heavy (non-hydrogen) atoms. The third-order valence-electron chi connectivity index (χ3n) is 3.17. The number of hydrogen-bond donors (Lipinski definition) is 1. The highest BCUT2D eigenvalue weighted by molar-refractivity contribution is 7.11. The molecule has 6 heteroatoms. The van der Waals surface area contributed by atoms with E-state index in [9.17, 15) is 4.79 Å². The van der Waals surface area contributed by atoms with Gasteiger partial charge in [0.25, 0.3) is 0 Å². The lowest BCUT2D eigenvalue weighted by Gasteiger charge is -2.19. The van der Waals surface area contributed by atoms with Crippen molar-refractivity contribution in [3.63, 3.8) is 0 Å². The fourth-order valence-corrected chi connectivity index (χ4v) is 2.98. The lowest BCUT2D eigenvalue weighted by atomic mass is 10.2. The molecule has 1 N–H and O–H groups in total. The first-order valence-electron chi connectivity index (χ1n) is 7.01. The number of halogens is 1. The van der Waals surface area contributed by atoms with E-state index in [4.69, 9.17) is 11.6 Å². The molecule has 0 saturated carbocycles. The number of H-pyrrole nitrogens is 1. The van der Waals surface area contributed by atoms with Crippen LogP contribution < -0.4 is 9.88 Å². The molecular weight excluding hydrogens is 330 g/mol. The fourth-order valence-electron chi connectivity index (χ4n) is 2.08. The molecule has 0 aliphatic heterocycles. The van der Waals surface area contributed by atoms with Crippen molar-refractivity contribution in [3.05, 3.63) is 85.9 Å². The van der Waals surface area contributed by atoms with Gasteiger partial charge >= 0.3 is 4.87 Å². The monoisotopic (exact) mass is 343 g/mol. The Labute approximate surface area is 142 Å². The summed E-state index contributed by atoms with van der Waals surface area (Å²) in [7, 11) is 0. The zero-order chi connectivity index (χ0) is 16.1. The van der Waals surface area contributed by atoms with Crippen LogP contribution in [0.1, 0.15) is 10.4 Å². The van der Waals surface area contributed by atoms with Crippen molar-refractivity contribution < 1.29 is 0 Å². The molecule has 0 aliphatic rings. The summed E-state index contributed by atoms with van der Waals surface area (Å²) in [5.74, 6) is 0. The first-order valence-corrected chi connectivity index (χ1v) is 8.21. The standard InChI is InChI=1S/C17H14ClN3OS/c18-16-15(23-17(22)20-16)11-19-21(14-9-5-2-6-10-14)12-13-7-3-1-4-8-13/h1-11H,12H2,(H,20,22). The predicted molar refractivity (Wildman–Crippen MR) is 96.6 cm³/mol. The van der Waals surface area contributed by atoms with E-state index in [-0.39, 0.29) is 4.87 Å². The Balaban J connectivity index is 1.89. The lowest BCUT2D eigenvalue weighted by molar-refractivity contribution is 0.859. The number of aromatic amines is 1. The van der Waals surface area contributed by atoms with Crippen LogP contribution in [0.5, 0.6) is 0 Å². The number of anilines is 1. The zero-order valence-corrected chi connectivity index (χ0v) is 13.7. The number of para-hydroxylation sites is 1. The molecule has 1 heterocycles. The van der Waals surface area contributed by atoms with Gasteiger partial charge in [-0.15, -0.1) is 0 Å². The summed E-state index contributed by atoms with van der Waals surface area (Å²) >= 11 is 7.02. The molecule has 1 aromatic heterocycles. The van der Waals surface area contributed by atoms with Gasteiger partial charge in [0.05, 0.1) is 23.3 Å². The smallest absolute Gasteiger partial charge is 0.303 e. The summed E-state index contributed by atoms with van der Waals surface area (Å²) in [6, 6.07) is 19.9. The summed E-state index contributed by atoms with van der Waals surface area (Å²) < 4.78 is 0. The van der Waals surface area contributed by atoms with Gasteiger partial charge < -0.3 is 4.98 Å². The molecule has 2 aromatic carbocycles. The number of thiazole rings is 1. The molecule has 0 amide bonds. The quantitative estimate of drug-likeness (QED) is 0.559. The van der Waals surface area contributed by atoms with E-state index in [2.05, 4.69) is 10.1 Å². The number of nitrogens with one attached hydrogen (secondary N) is 1. The van der Waals surface area contributed by atoms with Crippen LogP contribution in [0.4, 0.5) is 5.69 Å². The van der Waals surface area contributed by atoms with Crippen molar-refractivity contribution in [1.29, 1.82) is 0 Å². The van der Waals surface area contributed by atoms with E-state index in [1.807, 2.05) is 65.7 Å². The molecule has 0 fully saturated rings. The first-order chi connectivity index (χ1) is 11.2. The maximum Gasteiger partial charge on any atom is 0.306 e. The number of aromatic nitrogens is 1. The molecule has 0 atom stereocenters. The summed E-state index contributed by atoms with van der Waals surface area (Å²) in [5, 5.41) is 6.70. The van der Waals surface area contributed by atoms with Crippen molar-refractivity contribution in [2.24, 2.45) is 5.10 Å². The van der Waals surface area contributed by atoms with E-state index in [0.29, 0.717) is 16.6 Å². The minimum Gasteiger partial charge on any atom is -0.303 e.